The van der Waals surface area contributed by atoms with Gasteiger partial charge in [0.15, 0.2) is 0 Å². The molecule has 0 aromatic heterocycles. The van der Waals surface area contributed by atoms with Gasteiger partial charge in [-0.2, -0.15) is 4.99 Å². The fourth-order valence-electron chi connectivity index (χ4n) is 2.52. The first-order valence-electron chi connectivity index (χ1n) is 8.61. The molecule has 1 atom stereocenters. The zero-order valence-electron chi connectivity index (χ0n) is 15.4. The maximum atomic E-state index is 13.2. The van der Waals surface area contributed by atoms with Crippen molar-refractivity contribution in [2.24, 2.45) is 15.7 Å². The predicted octanol–water partition coefficient (Wildman–Crippen LogP) is 2.40. The van der Waals surface area contributed by atoms with Crippen LogP contribution in [0.15, 0.2) is 52.4 Å². The van der Waals surface area contributed by atoms with E-state index in [1.165, 1.54) is 12.1 Å². The molecule has 0 spiro atoms. The molecule has 0 radical (unpaired) electrons. The molecule has 0 saturated carbocycles. The van der Waals surface area contributed by atoms with Gasteiger partial charge in [-0.05, 0) is 37.3 Å². The number of aryl methyl sites for hydroxylation is 1. The van der Waals surface area contributed by atoms with Crippen molar-refractivity contribution < 1.29 is 14.0 Å². The minimum absolute atomic E-state index is 0.00902. The van der Waals surface area contributed by atoms with Crippen molar-refractivity contribution in [3.8, 4) is 0 Å². The molecule has 2 amide bonds. The molecular weight excluding hydrogens is 399 g/mol. The summed E-state index contributed by atoms with van der Waals surface area (Å²) in [6.07, 6.45) is -0.217. The van der Waals surface area contributed by atoms with Crippen LogP contribution in [-0.2, 0) is 9.59 Å². The van der Waals surface area contributed by atoms with Crippen LogP contribution in [0.1, 0.15) is 12.0 Å². The number of benzene rings is 2. The van der Waals surface area contributed by atoms with Gasteiger partial charge < -0.3 is 16.4 Å². The average Bonchev–Trinajstić information content (AvgIpc) is 2.98. The minimum atomic E-state index is -0.947. The van der Waals surface area contributed by atoms with Gasteiger partial charge in [0.25, 0.3) is 5.91 Å². The van der Waals surface area contributed by atoms with E-state index in [0.29, 0.717) is 5.69 Å². The molecule has 3 rings (SSSR count). The Labute approximate surface area is 171 Å². The number of guanidine groups is 2. The summed E-state index contributed by atoms with van der Waals surface area (Å²) in [4.78, 5) is 32.3. The highest BCUT2D eigenvalue weighted by molar-refractivity contribution is 6.31. The number of nitrogens with one attached hydrogen (secondary N) is 3. The normalized spacial score (nSPS) is 16.2. The van der Waals surface area contributed by atoms with Gasteiger partial charge in [-0.1, -0.05) is 29.3 Å². The second-order valence-electron chi connectivity index (χ2n) is 6.33. The summed E-state index contributed by atoms with van der Waals surface area (Å²) in [7, 11) is 0. The van der Waals surface area contributed by atoms with Crippen LogP contribution < -0.4 is 21.7 Å². The SMILES string of the molecule is Cc1ccc(N/C(N)=N/C2=NC(CC(=O)Nc3ccc(F)c(Cl)c3)C(=O)N2)cc1. The molecule has 2 aromatic carbocycles. The Bertz CT molecular complexity index is 1010. The number of anilines is 2. The Hall–Kier alpha value is -3.46. The molecule has 1 aliphatic rings. The number of hydrogen-bond donors (Lipinski definition) is 4. The zero-order chi connectivity index (χ0) is 21.0. The van der Waals surface area contributed by atoms with Crippen LogP contribution in [0.5, 0.6) is 0 Å². The zero-order valence-corrected chi connectivity index (χ0v) is 16.1. The highest BCUT2D eigenvalue weighted by atomic mass is 35.5. The average molecular weight is 417 g/mol. The summed E-state index contributed by atoms with van der Waals surface area (Å²) >= 11 is 5.68. The van der Waals surface area contributed by atoms with Crippen molar-refractivity contribution in [2.45, 2.75) is 19.4 Å². The van der Waals surface area contributed by atoms with Gasteiger partial charge in [0, 0.05) is 11.4 Å². The molecular formula is C19H18ClFN6O2. The Balaban J connectivity index is 1.60. The minimum Gasteiger partial charge on any atom is -0.369 e. The molecule has 10 heteroatoms. The Kier molecular flexibility index (Phi) is 6.08. The maximum absolute atomic E-state index is 13.2. The van der Waals surface area contributed by atoms with Crippen molar-refractivity contribution in [3.63, 3.8) is 0 Å². The third kappa shape index (κ3) is 5.52. The number of nitrogens with zero attached hydrogens (tertiary/aromatic N) is 2. The van der Waals surface area contributed by atoms with Crippen LogP contribution in [0.4, 0.5) is 15.8 Å². The highest BCUT2D eigenvalue weighted by Crippen LogP contribution is 2.20. The van der Waals surface area contributed by atoms with Crippen molar-refractivity contribution in [3.05, 3.63) is 58.9 Å². The molecule has 0 aliphatic carbocycles. The number of carbonyl (C=O) groups excluding carboxylic acids is 2. The third-order valence-corrected chi connectivity index (χ3v) is 4.24. The molecule has 2 aromatic rings. The van der Waals surface area contributed by atoms with E-state index >= 15 is 0 Å². The number of aliphatic imine (C=N–C) groups is 2. The van der Waals surface area contributed by atoms with Crippen LogP contribution in [0.3, 0.4) is 0 Å². The molecule has 5 N–H and O–H groups in total. The topological polar surface area (TPSA) is 121 Å². The summed E-state index contributed by atoms with van der Waals surface area (Å²) in [6.45, 7) is 1.96. The molecule has 1 unspecified atom stereocenters. The number of amides is 2. The van der Waals surface area contributed by atoms with Gasteiger partial charge in [-0.3, -0.25) is 14.9 Å². The first-order valence-corrected chi connectivity index (χ1v) is 8.99. The Morgan fingerprint density at radius 2 is 1.93 bits per heavy atom. The van der Waals surface area contributed by atoms with Gasteiger partial charge in [-0.25, -0.2) is 9.38 Å². The van der Waals surface area contributed by atoms with Crippen LogP contribution in [0.2, 0.25) is 5.02 Å². The van der Waals surface area contributed by atoms with Crippen LogP contribution in [0.25, 0.3) is 0 Å². The molecule has 150 valence electrons. The number of carbonyl (C=O) groups is 2. The number of halogens is 2. The second-order valence-corrected chi connectivity index (χ2v) is 6.73. The van der Waals surface area contributed by atoms with Crippen molar-refractivity contribution in [1.82, 2.24) is 5.32 Å². The Morgan fingerprint density at radius 1 is 1.24 bits per heavy atom. The summed E-state index contributed by atoms with van der Waals surface area (Å²) in [6, 6.07) is 10.3. The largest absolute Gasteiger partial charge is 0.369 e. The summed E-state index contributed by atoms with van der Waals surface area (Å²) < 4.78 is 13.2. The van der Waals surface area contributed by atoms with E-state index in [0.717, 1.165) is 17.3 Å². The lowest BCUT2D eigenvalue weighted by atomic mass is 10.2. The molecule has 0 saturated heterocycles. The van der Waals surface area contributed by atoms with Gasteiger partial charge in [0.1, 0.15) is 11.9 Å². The predicted molar refractivity (Wildman–Crippen MR) is 110 cm³/mol. The van der Waals surface area contributed by atoms with Crippen molar-refractivity contribution >= 4 is 46.7 Å². The van der Waals surface area contributed by atoms with Gasteiger partial charge in [0.2, 0.25) is 17.8 Å². The van der Waals surface area contributed by atoms with Gasteiger partial charge >= 0.3 is 0 Å². The molecule has 1 aliphatic heterocycles. The molecule has 29 heavy (non-hydrogen) atoms. The number of nitrogens with two attached hydrogens (primary N) is 1. The number of hydrogen-bond acceptors (Lipinski definition) is 4. The lowest BCUT2D eigenvalue weighted by Crippen LogP contribution is -2.32. The van der Waals surface area contributed by atoms with Gasteiger partial charge in [0.05, 0.1) is 11.4 Å². The fourth-order valence-corrected chi connectivity index (χ4v) is 2.70. The van der Waals surface area contributed by atoms with E-state index < -0.39 is 23.7 Å². The second kappa shape index (κ2) is 8.70. The standard InChI is InChI=1S/C19H18ClFN6O2/c1-10-2-4-11(5-3-10)24-18(22)27-19-25-15(17(29)26-19)9-16(28)23-12-6-7-14(21)13(20)8-12/h2-8,15H,9H2,1H3,(H,23,28)(H4,22,24,25,26,27,29). The number of rotatable bonds is 4. The van der Waals surface area contributed by atoms with Crippen LogP contribution in [0, 0.1) is 12.7 Å². The molecule has 8 nitrogen and oxygen atoms in total. The summed E-state index contributed by atoms with van der Waals surface area (Å²) in [5, 5.41) is 7.77. The lowest BCUT2D eigenvalue weighted by molar-refractivity contribution is -0.123. The van der Waals surface area contributed by atoms with Crippen molar-refractivity contribution in [1.29, 1.82) is 0 Å². The smallest absolute Gasteiger partial charge is 0.252 e. The third-order valence-electron chi connectivity index (χ3n) is 3.95. The fraction of sp³-hybridized carbons (Fsp3) is 0.158. The molecule has 1 heterocycles. The maximum Gasteiger partial charge on any atom is 0.252 e. The van der Waals surface area contributed by atoms with E-state index in [4.69, 9.17) is 17.3 Å². The van der Waals surface area contributed by atoms with Crippen molar-refractivity contribution in [2.75, 3.05) is 10.6 Å². The first kappa shape index (κ1) is 20.3. The summed E-state index contributed by atoms with van der Waals surface area (Å²) in [5.74, 6) is -1.50. The van der Waals surface area contributed by atoms with E-state index in [-0.39, 0.29) is 23.4 Å². The lowest BCUT2D eigenvalue weighted by Gasteiger charge is -2.07. The molecule has 0 bridgehead atoms. The molecule has 0 fully saturated rings. The van der Waals surface area contributed by atoms with Crippen LogP contribution in [-0.4, -0.2) is 29.8 Å². The van der Waals surface area contributed by atoms with E-state index in [1.54, 1.807) is 0 Å². The quantitative estimate of drug-likeness (QED) is 0.451. The van der Waals surface area contributed by atoms with E-state index in [2.05, 4.69) is 25.9 Å². The summed E-state index contributed by atoms with van der Waals surface area (Å²) in [5.41, 5.74) is 7.97. The van der Waals surface area contributed by atoms with E-state index in [9.17, 15) is 14.0 Å². The first-order chi connectivity index (χ1) is 13.8. The monoisotopic (exact) mass is 416 g/mol. The van der Waals surface area contributed by atoms with Crippen LogP contribution >= 0.6 is 11.6 Å². The van der Waals surface area contributed by atoms with Gasteiger partial charge in [-0.15, -0.1) is 0 Å². The Morgan fingerprint density at radius 3 is 2.62 bits per heavy atom. The van der Waals surface area contributed by atoms with E-state index in [1.807, 2.05) is 31.2 Å². The highest BCUT2D eigenvalue weighted by Gasteiger charge is 2.28.